The predicted molar refractivity (Wildman–Crippen MR) is 130 cm³/mol. The van der Waals surface area contributed by atoms with E-state index < -0.39 is 20.0 Å². The highest BCUT2D eigenvalue weighted by atomic mass is 32.2. The first-order chi connectivity index (χ1) is 15.6. The van der Waals surface area contributed by atoms with Crippen molar-refractivity contribution < 1.29 is 16.8 Å². The van der Waals surface area contributed by atoms with Gasteiger partial charge in [0.1, 0.15) is 0 Å². The van der Waals surface area contributed by atoms with Gasteiger partial charge in [-0.25, -0.2) is 21.6 Å². The first-order valence-electron chi connectivity index (χ1n) is 10.9. The summed E-state index contributed by atoms with van der Waals surface area (Å²) in [6.45, 7) is 2.98. The summed E-state index contributed by atoms with van der Waals surface area (Å²) in [5.74, 6) is 0.0429. The van der Waals surface area contributed by atoms with E-state index in [1.807, 2.05) is 48.2 Å². The van der Waals surface area contributed by atoms with Gasteiger partial charge in [-0.05, 0) is 42.2 Å². The number of sulfonamides is 2. The highest BCUT2D eigenvalue weighted by Gasteiger charge is 2.35. The van der Waals surface area contributed by atoms with Crippen molar-refractivity contribution in [2.45, 2.75) is 32.4 Å². The van der Waals surface area contributed by atoms with Crippen LogP contribution in [0.5, 0.6) is 0 Å². The average Bonchev–Trinajstić information content (AvgIpc) is 2.90. The highest BCUT2D eigenvalue weighted by molar-refractivity contribution is 7.89. The van der Waals surface area contributed by atoms with Crippen LogP contribution in [-0.2, 0) is 33.0 Å². The van der Waals surface area contributed by atoms with Crippen molar-refractivity contribution in [3.63, 3.8) is 0 Å². The fraction of sp³-hybridized carbons (Fsp3) is 0.435. The topological polar surface area (TPSA) is 111 Å². The maximum absolute atomic E-state index is 13.3. The molecule has 1 N–H and O–H groups in total. The minimum Gasteiger partial charge on any atom is -0.368 e. The van der Waals surface area contributed by atoms with Gasteiger partial charge < -0.3 is 4.90 Å². The second kappa shape index (κ2) is 10.7. The molecule has 0 saturated carbocycles. The number of nitrogens with one attached hydrogen (secondary N) is 1. The van der Waals surface area contributed by atoms with Crippen LogP contribution in [0.25, 0.3) is 0 Å². The van der Waals surface area contributed by atoms with Gasteiger partial charge in [0.15, 0.2) is 0 Å². The normalized spacial score (nSPS) is 17.2. The Hall–Kier alpha value is -2.45. The molecule has 0 unspecified atom stereocenters. The first-order valence-corrected chi connectivity index (χ1v) is 14.4. The summed E-state index contributed by atoms with van der Waals surface area (Å²) in [4.78, 5) is 2.02. The molecular weight excluding hydrogens is 460 g/mol. The lowest BCUT2D eigenvalue weighted by molar-refractivity contribution is 0.318. The van der Waals surface area contributed by atoms with Gasteiger partial charge in [0, 0.05) is 37.9 Å². The van der Waals surface area contributed by atoms with Crippen LogP contribution in [0.15, 0.2) is 48.5 Å². The summed E-state index contributed by atoms with van der Waals surface area (Å²) >= 11 is 0. The van der Waals surface area contributed by atoms with Crippen LogP contribution in [0.1, 0.15) is 30.0 Å². The number of anilines is 1. The van der Waals surface area contributed by atoms with Crippen molar-refractivity contribution in [1.82, 2.24) is 9.03 Å². The van der Waals surface area contributed by atoms with Gasteiger partial charge in [-0.2, -0.15) is 9.57 Å². The number of benzene rings is 2. The molecule has 1 aliphatic heterocycles. The van der Waals surface area contributed by atoms with Crippen LogP contribution in [-0.4, -0.2) is 58.8 Å². The molecule has 33 heavy (non-hydrogen) atoms. The molecule has 0 saturated heterocycles. The van der Waals surface area contributed by atoms with Crippen LogP contribution >= 0.6 is 0 Å². The number of rotatable bonds is 9. The van der Waals surface area contributed by atoms with Crippen molar-refractivity contribution in [2.75, 3.05) is 36.5 Å². The molecule has 0 aromatic heterocycles. The van der Waals surface area contributed by atoms with Crippen molar-refractivity contribution in [1.29, 1.82) is 5.26 Å². The van der Waals surface area contributed by atoms with E-state index >= 15 is 0 Å². The zero-order chi connectivity index (χ0) is 24.1. The smallest absolute Gasteiger partial charge is 0.214 e. The molecule has 0 spiro atoms. The number of hydrogen-bond acceptors (Lipinski definition) is 6. The Kier molecular flexibility index (Phi) is 8.13. The van der Waals surface area contributed by atoms with Crippen LogP contribution in [0.2, 0.25) is 0 Å². The van der Waals surface area contributed by atoms with Crippen molar-refractivity contribution in [2.24, 2.45) is 0 Å². The molecule has 0 fully saturated rings. The fourth-order valence-electron chi connectivity index (χ4n) is 4.16. The third kappa shape index (κ3) is 6.77. The van der Waals surface area contributed by atoms with E-state index in [1.165, 1.54) is 0 Å². The van der Waals surface area contributed by atoms with E-state index in [2.05, 4.69) is 10.8 Å². The van der Waals surface area contributed by atoms with E-state index in [4.69, 9.17) is 0 Å². The number of nitrogens with zero attached hydrogens (tertiary/aromatic N) is 3. The summed E-state index contributed by atoms with van der Waals surface area (Å²) in [7, 11) is -6.89. The minimum atomic E-state index is -3.54. The van der Waals surface area contributed by atoms with E-state index in [1.54, 1.807) is 16.4 Å². The van der Waals surface area contributed by atoms with Gasteiger partial charge in [-0.15, -0.1) is 0 Å². The molecule has 1 atom stereocenters. The van der Waals surface area contributed by atoms with Gasteiger partial charge in [0.2, 0.25) is 20.0 Å². The van der Waals surface area contributed by atoms with E-state index in [9.17, 15) is 22.1 Å². The molecule has 0 bridgehead atoms. The van der Waals surface area contributed by atoms with Gasteiger partial charge >= 0.3 is 0 Å². The molecule has 2 aromatic rings. The van der Waals surface area contributed by atoms with Crippen LogP contribution in [0.4, 0.5) is 5.69 Å². The molecule has 2 aromatic carbocycles. The standard InChI is InChI=1S/C23H30N4O4S2/c1-3-13-33(30,31)27-17-21-14-20(16-24)9-10-23(21)26(12-11-25-32(2,28)29)18-22(27)15-19-7-5-4-6-8-19/h4-10,14,22,25H,3,11-13,15,17-18H2,1-2H3/t22-/m1/s1. The zero-order valence-electron chi connectivity index (χ0n) is 18.9. The maximum Gasteiger partial charge on any atom is 0.214 e. The predicted octanol–water partition coefficient (Wildman–Crippen LogP) is 2.08. The number of fused-ring (bicyclic) bond motifs is 1. The maximum atomic E-state index is 13.3. The lowest BCUT2D eigenvalue weighted by Gasteiger charge is -2.32. The summed E-state index contributed by atoms with van der Waals surface area (Å²) in [6, 6.07) is 16.8. The Morgan fingerprint density at radius 3 is 2.48 bits per heavy atom. The van der Waals surface area contributed by atoms with Crippen LogP contribution < -0.4 is 9.62 Å². The summed E-state index contributed by atoms with van der Waals surface area (Å²) in [6.07, 6.45) is 2.14. The monoisotopic (exact) mass is 490 g/mol. The molecule has 0 aliphatic carbocycles. The fourth-order valence-corrected chi connectivity index (χ4v) is 6.31. The second-order valence-corrected chi connectivity index (χ2v) is 12.1. The van der Waals surface area contributed by atoms with Crippen molar-refractivity contribution in [3.8, 4) is 6.07 Å². The Morgan fingerprint density at radius 1 is 1.12 bits per heavy atom. The lowest BCUT2D eigenvalue weighted by Crippen LogP contribution is -2.47. The molecule has 0 radical (unpaired) electrons. The number of hydrogen-bond donors (Lipinski definition) is 1. The van der Waals surface area contributed by atoms with Gasteiger partial charge in [0.05, 0.1) is 23.6 Å². The van der Waals surface area contributed by atoms with E-state index in [0.717, 1.165) is 23.1 Å². The Bertz CT molecular complexity index is 1210. The zero-order valence-corrected chi connectivity index (χ0v) is 20.6. The quantitative estimate of drug-likeness (QED) is 0.576. The second-order valence-electron chi connectivity index (χ2n) is 8.27. The molecular formula is C23H30N4O4S2. The summed E-state index contributed by atoms with van der Waals surface area (Å²) in [5, 5.41) is 9.39. The molecule has 0 amide bonds. The van der Waals surface area contributed by atoms with Crippen LogP contribution in [0, 0.1) is 11.3 Å². The Morgan fingerprint density at radius 2 is 1.85 bits per heavy atom. The molecule has 1 heterocycles. The largest absolute Gasteiger partial charge is 0.368 e. The lowest BCUT2D eigenvalue weighted by atomic mass is 10.1. The molecule has 178 valence electrons. The first kappa shape index (κ1) is 25.2. The Balaban J connectivity index is 2.03. The summed E-state index contributed by atoms with van der Waals surface area (Å²) in [5.41, 5.74) is 3.04. The highest BCUT2D eigenvalue weighted by Crippen LogP contribution is 2.31. The molecule has 10 heteroatoms. The average molecular weight is 491 g/mol. The molecule has 3 rings (SSSR count). The van der Waals surface area contributed by atoms with Crippen LogP contribution in [0.3, 0.4) is 0 Å². The number of nitriles is 1. The molecule has 1 aliphatic rings. The summed E-state index contributed by atoms with van der Waals surface area (Å²) < 4.78 is 53.8. The van der Waals surface area contributed by atoms with Gasteiger partial charge in [-0.1, -0.05) is 37.3 Å². The third-order valence-corrected chi connectivity index (χ3v) is 8.39. The Labute approximate surface area is 196 Å². The van der Waals surface area contributed by atoms with Gasteiger partial charge in [0.25, 0.3) is 0 Å². The van der Waals surface area contributed by atoms with Crippen molar-refractivity contribution in [3.05, 3.63) is 65.2 Å². The van der Waals surface area contributed by atoms with Crippen molar-refractivity contribution >= 4 is 25.7 Å². The van der Waals surface area contributed by atoms with Gasteiger partial charge in [-0.3, -0.25) is 0 Å². The van der Waals surface area contributed by atoms with E-state index in [-0.39, 0.29) is 24.9 Å². The minimum absolute atomic E-state index is 0.0429. The van der Waals surface area contributed by atoms with E-state index in [0.29, 0.717) is 31.5 Å². The molecule has 8 nitrogen and oxygen atoms in total. The third-order valence-electron chi connectivity index (χ3n) is 5.59. The SMILES string of the molecule is CCCS(=O)(=O)N1Cc2cc(C#N)ccc2N(CCNS(C)(=O)=O)C[C@H]1Cc1ccccc1.